The van der Waals surface area contributed by atoms with E-state index < -0.39 is 5.97 Å². The lowest BCUT2D eigenvalue weighted by atomic mass is 9.91. The molecular weight excluding hydrogens is 194 g/mol. The van der Waals surface area contributed by atoms with Crippen molar-refractivity contribution in [2.75, 3.05) is 6.54 Å². The second-order valence-corrected chi connectivity index (χ2v) is 4.59. The smallest absolute Gasteiger partial charge is 0.306 e. The molecule has 1 heterocycles. The number of nitrogens with zero attached hydrogens (tertiary/aromatic N) is 1. The van der Waals surface area contributed by atoms with Gasteiger partial charge in [0.2, 0.25) is 5.91 Å². The van der Waals surface area contributed by atoms with Crippen LogP contribution in [0.2, 0.25) is 0 Å². The number of hydrogen-bond acceptors (Lipinski definition) is 2. The molecule has 0 aromatic heterocycles. The van der Waals surface area contributed by atoms with E-state index in [0.29, 0.717) is 19.4 Å². The molecule has 0 aromatic rings. The fraction of sp³-hybridized carbons (Fsp3) is 0.818. The Kier molecular flexibility index (Phi) is 3.72. The average molecular weight is 213 g/mol. The van der Waals surface area contributed by atoms with Crippen molar-refractivity contribution in [3.05, 3.63) is 0 Å². The number of aliphatic carboxylic acids is 1. The predicted molar refractivity (Wildman–Crippen MR) is 56.4 cm³/mol. The van der Waals surface area contributed by atoms with Gasteiger partial charge in [0, 0.05) is 18.5 Å². The molecule has 86 valence electrons. The van der Waals surface area contributed by atoms with Crippen molar-refractivity contribution in [1.82, 2.24) is 4.90 Å². The van der Waals surface area contributed by atoms with Gasteiger partial charge in [-0.1, -0.05) is 13.8 Å². The summed E-state index contributed by atoms with van der Waals surface area (Å²) in [6.07, 6.45) is 1.16. The van der Waals surface area contributed by atoms with Gasteiger partial charge in [0.15, 0.2) is 0 Å². The van der Waals surface area contributed by atoms with Crippen LogP contribution in [0.4, 0.5) is 0 Å². The van der Waals surface area contributed by atoms with E-state index in [1.165, 1.54) is 0 Å². The summed E-state index contributed by atoms with van der Waals surface area (Å²) >= 11 is 0. The van der Waals surface area contributed by atoms with Crippen LogP contribution >= 0.6 is 0 Å². The van der Waals surface area contributed by atoms with Crippen molar-refractivity contribution in [3.63, 3.8) is 0 Å². The number of rotatable bonds is 2. The van der Waals surface area contributed by atoms with Gasteiger partial charge in [-0.15, -0.1) is 0 Å². The zero-order valence-corrected chi connectivity index (χ0v) is 9.56. The minimum absolute atomic E-state index is 0.00571. The predicted octanol–water partition coefficient (Wildman–Crippen LogP) is 1.35. The molecule has 15 heavy (non-hydrogen) atoms. The van der Waals surface area contributed by atoms with Gasteiger partial charge in [-0.25, -0.2) is 0 Å². The Hall–Kier alpha value is -1.06. The summed E-state index contributed by atoms with van der Waals surface area (Å²) in [5.41, 5.74) is 0. The van der Waals surface area contributed by atoms with Gasteiger partial charge < -0.3 is 10.0 Å². The molecule has 1 N–H and O–H groups in total. The molecule has 0 saturated carbocycles. The van der Waals surface area contributed by atoms with Crippen molar-refractivity contribution in [1.29, 1.82) is 0 Å². The van der Waals surface area contributed by atoms with Gasteiger partial charge in [0.1, 0.15) is 0 Å². The quantitative estimate of drug-likeness (QED) is 0.753. The summed E-state index contributed by atoms with van der Waals surface area (Å²) in [7, 11) is 0. The third kappa shape index (κ3) is 2.70. The van der Waals surface area contributed by atoms with Gasteiger partial charge in [-0.3, -0.25) is 9.59 Å². The van der Waals surface area contributed by atoms with Crippen LogP contribution in [0.25, 0.3) is 0 Å². The van der Waals surface area contributed by atoms with E-state index in [-0.39, 0.29) is 23.8 Å². The van der Waals surface area contributed by atoms with E-state index in [0.717, 1.165) is 0 Å². The third-order valence-corrected chi connectivity index (χ3v) is 3.00. The van der Waals surface area contributed by atoms with E-state index in [2.05, 4.69) is 0 Å². The highest BCUT2D eigenvalue weighted by Gasteiger charge is 2.32. The summed E-state index contributed by atoms with van der Waals surface area (Å²) in [5.74, 6) is -0.894. The number of hydrogen-bond donors (Lipinski definition) is 1. The molecule has 0 aromatic carbocycles. The molecular formula is C11H19NO3. The number of likely N-dealkylation sites (tertiary alicyclic amines) is 1. The first-order chi connectivity index (χ1) is 6.93. The van der Waals surface area contributed by atoms with E-state index in [4.69, 9.17) is 5.11 Å². The zero-order valence-electron chi connectivity index (χ0n) is 9.56. The molecule has 0 aliphatic carbocycles. The molecule has 1 rings (SSSR count). The lowest BCUT2D eigenvalue weighted by Crippen LogP contribution is -2.47. The second kappa shape index (κ2) is 4.64. The van der Waals surface area contributed by atoms with Crippen LogP contribution in [0, 0.1) is 11.8 Å². The summed E-state index contributed by atoms with van der Waals surface area (Å²) in [6, 6.07) is 0.0507. The highest BCUT2D eigenvalue weighted by Crippen LogP contribution is 2.24. The van der Waals surface area contributed by atoms with Crippen LogP contribution in [0.15, 0.2) is 0 Å². The van der Waals surface area contributed by atoms with Gasteiger partial charge in [0.05, 0.1) is 5.92 Å². The molecule has 2 atom stereocenters. The van der Waals surface area contributed by atoms with Crippen molar-refractivity contribution < 1.29 is 14.7 Å². The standard InChI is InChI=1S/C11H19NO3/c1-7(2)10(13)12-5-4-9(11(14)15)6-8(12)3/h7-9H,4-6H2,1-3H3,(H,14,15). The van der Waals surface area contributed by atoms with Gasteiger partial charge >= 0.3 is 5.97 Å². The second-order valence-electron chi connectivity index (χ2n) is 4.59. The summed E-state index contributed by atoms with van der Waals surface area (Å²) in [5, 5.41) is 8.89. The van der Waals surface area contributed by atoms with Crippen molar-refractivity contribution in [2.45, 2.75) is 39.7 Å². The highest BCUT2D eigenvalue weighted by molar-refractivity contribution is 5.79. The highest BCUT2D eigenvalue weighted by atomic mass is 16.4. The fourth-order valence-electron chi connectivity index (χ4n) is 2.06. The molecule has 2 unspecified atom stereocenters. The largest absolute Gasteiger partial charge is 0.481 e. The Morgan fingerprint density at radius 1 is 1.40 bits per heavy atom. The number of amides is 1. The van der Waals surface area contributed by atoms with Gasteiger partial charge in [-0.2, -0.15) is 0 Å². The molecule has 0 bridgehead atoms. The maximum atomic E-state index is 11.8. The molecule has 0 radical (unpaired) electrons. The van der Waals surface area contributed by atoms with Crippen molar-refractivity contribution in [3.8, 4) is 0 Å². The van der Waals surface area contributed by atoms with Crippen LogP contribution in [-0.4, -0.2) is 34.5 Å². The van der Waals surface area contributed by atoms with Crippen LogP contribution in [0.3, 0.4) is 0 Å². The molecule has 1 aliphatic heterocycles. The Labute approximate surface area is 90.3 Å². The van der Waals surface area contributed by atoms with Crippen LogP contribution < -0.4 is 0 Å². The van der Waals surface area contributed by atoms with E-state index >= 15 is 0 Å². The van der Waals surface area contributed by atoms with E-state index in [1.807, 2.05) is 25.7 Å². The Balaban J connectivity index is 2.60. The molecule has 1 saturated heterocycles. The Morgan fingerprint density at radius 3 is 2.40 bits per heavy atom. The Bertz CT molecular complexity index is 263. The maximum Gasteiger partial charge on any atom is 0.306 e. The van der Waals surface area contributed by atoms with Crippen LogP contribution in [0.1, 0.15) is 33.6 Å². The minimum Gasteiger partial charge on any atom is -0.481 e. The number of carbonyl (C=O) groups is 2. The maximum absolute atomic E-state index is 11.8. The SMILES string of the molecule is CC(C)C(=O)N1CCC(C(=O)O)CC1C. The normalized spacial score (nSPS) is 26.8. The number of piperidine rings is 1. The average Bonchev–Trinajstić information content (AvgIpc) is 2.16. The molecule has 1 amide bonds. The summed E-state index contributed by atoms with van der Waals surface area (Å²) in [4.78, 5) is 24.4. The van der Waals surface area contributed by atoms with Gasteiger partial charge in [0.25, 0.3) is 0 Å². The first-order valence-electron chi connectivity index (χ1n) is 5.46. The first kappa shape index (κ1) is 12.0. The van der Waals surface area contributed by atoms with Crippen molar-refractivity contribution in [2.24, 2.45) is 11.8 Å². The first-order valence-corrected chi connectivity index (χ1v) is 5.46. The Morgan fingerprint density at radius 2 is 2.00 bits per heavy atom. The molecule has 1 aliphatic rings. The molecule has 1 fully saturated rings. The lowest BCUT2D eigenvalue weighted by Gasteiger charge is -2.37. The van der Waals surface area contributed by atoms with Crippen LogP contribution in [0.5, 0.6) is 0 Å². The van der Waals surface area contributed by atoms with Crippen LogP contribution in [-0.2, 0) is 9.59 Å². The molecule has 0 spiro atoms. The number of carboxylic acids is 1. The van der Waals surface area contributed by atoms with Crippen molar-refractivity contribution >= 4 is 11.9 Å². The number of carboxylic acid groups (broad SMARTS) is 1. The zero-order chi connectivity index (χ0) is 11.6. The summed E-state index contributed by atoms with van der Waals surface area (Å²) < 4.78 is 0. The minimum atomic E-state index is -0.738. The molecule has 4 heteroatoms. The summed E-state index contributed by atoms with van der Waals surface area (Å²) in [6.45, 7) is 6.25. The third-order valence-electron chi connectivity index (χ3n) is 3.00. The lowest BCUT2D eigenvalue weighted by molar-refractivity contribution is -0.148. The topological polar surface area (TPSA) is 57.6 Å². The van der Waals surface area contributed by atoms with E-state index in [1.54, 1.807) is 0 Å². The molecule has 4 nitrogen and oxygen atoms in total. The van der Waals surface area contributed by atoms with E-state index in [9.17, 15) is 9.59 Å². The number of carbonyl (C=O) groups excluding carboxylic acids is 1. The monoisotopic (exact) mass is 213 g/mol. The fourth-order valence-corrected chi connectivity index (χ4v) is 2.06. The van der Waals surface area contributed by atoms with Gasteiger partial charge in [-0.05, 0) is 19.8 Å².